The van der Waals surface area contributed by atoms with E-state index in [-0.39, 0.29) is 15.7 Å². The Morgan fingerprint density at radius 1 is 1.28 bits per heavy atom. The van der Waals surface area contributed by atoms with E-state index in [0.717, 1.165) is 0 Å². The summed E-state index contributed by atoms with van der Waals surface area (Å²) >= 11 is 5.85. The topological polar surface area (TPSA) is 63.2 Å². The van der Waals surface area contributed by atoms with E-state index in [1.807, 2.05) is 0 Å². The number of ketones is 1. The second kappa shape index (κ2) is 4.99. The molecule has 18 heavy (non-hydrogen) atoms. The third-order valence-electron chi connectivity index (χ3n) is 2.43. The fourth-order valence-electron chi connectivity index (χ4n) is 1.39. The maximum absolute atomic E-state index is 12.1. The van der Waals surface area contributed by atoms with Crippen LogP contribution in [0.1, 0.15) is 31.1 Å². The summed E-state index contributed by atoms with van der Waals surface area (Å²) in [5, 5.41) is 0.0924. The number of Topliss-reactive ketones (excluding diaryl/α,β-unsaturated/α-hetero) is 1. The Balaban J connectivity index is 3.39. The lowest BCUT2D eigenvalue weighted by Gasteiger charge is -2.17. The van der Waals surface area contributed by atoms with Gasteiger partial charge >= 0.3 is 0 Å². The smallest absolute Gasteiger partial charge is 0.241 e. The molecular formula is C12H16ClNO3S. The molecule has 0 atom stereocenters. The average molecular weight is 290 g/mol. The summed E-state index contributed by atoms with van der Waals surface area (Å²) in [5.74, 6) is -0.133. The molecule has 1 aromatic rings. The normalized spacial score (nSPS) is 12.5. The SMILES string of the molecule is CNS(=O)(=O)c1cc(C(=O)C(C)(C)C)ccc1Cl. The van der Waals surface area contributed by atoms with Gasteiger partial charge < -0.3 is 0 Å². The summed E-state index contributed by atoms with van der Waals surface area (Å²) in [4.78, 5) is 12.0. The van der Waals surface area contributed by atoms with Crippen molar-refractivity contribution in [1.82, 2.24) is 4.72 Å². The molecule has 0 spiro atoms. The predicted octanol–water partition coefficient (Wildman–Crippen LogP) is 2.48. The Bertz CT molecular complexity index is 573. The van der Waals surface area contributed by atoms with Crippen molar-refractivity contribution >= 4 is 27.4 Å². The molecule has 4 nitrogen and oxygen atoms in total. The summed E-state index contributed by atoms with van der Waals surface area (Å²) in [6.07, 6.45) is 0. The molecule has 0 unspecified atom stereocenters. The van der Waals surface area contributed by atoms with Gasteiger partial charge in [0.25, 0.3) is 0 Å². The highest BCUT2D eigenvalue weighted by molar-refractivity contribution is 7.89. The molecule has 0 amide bonds. The van der Waals surface area contributed by atoms with Gasteiger partial charge in [-0.1, -0.05) is 32.4 Å². The molecule has 0 fully saturated rings. The summed E-state index contributed by atoms with van der Waals surface area (Å²) in [6.45, 7) is 5.32. The number of halogens is 1. The maximum atomic E-state index is 12.1. The van der Waals surface area contributed by atoms with Crippen LogP contribution in [0.15, 0.2) is 23.1 Å². The molecule has 6 heteroatoms. The molecule has 0 aliphatic carbocycles. The molecule has 0 saturated heterocycles. The van der Waals surface area contributed by atoms with Crippen LogP contribution in [-0.4, -0.2) is 21.2 Å². The second-order valence-corrected chi connectivity index (χ2v) is 7.19. The van der Waals surface area contributed by atoms with Crippen molar-refractivity contribution in [3.05, 3.63) is 28.8 Å². The molecule has 0 aromatic heterocycles. The lowest BCUT2D eigenvalue weighted by Crippen LogP contribution is -2.22. The lowest BCUT2D eigenvalue weighted by molar-refractivity contribution is 0.0858. The first-order chi connectivity index (χ1) is 8.09. The first-order valence-electron chi connectivity index (χ1n) is 5.37. The highest BCUT2D eigenvalue weighted by atomic mass is 35.5. The standard InChI is InChI=1S/C12H16ClNO3S/c1-12(2,3)11(15)8-5-6-9(13)10(7-8)18(16,17)14-4/h5-7,14H,1-4H3. The van der Waals surface area contributed by atoms with Crippen molar-refractivity contribution in [2.75, 3.05) is 7.05 Å². The highest BCUT2D eigenvalue weighted by Gasteiger charge is 2.25. The number of nitrogens with one attached hydrogen (secondary N) is 1. The number of rotatable bonds is 3. The minimum atomic E-state index is -3.66. The third-order valence-corrected chi connectivity index (χ3v) is 4.33. The van der Waals surface area contributed by atoms with Gasteiger partial charge in [-0.15, -0.1) is 0 Å². The van der Waals surface area contributed by atoms with Crippen molar-refractivity contribution < 1.29 is 13.2 Å². The van der Waals surface area contributed by atoms with Crippen molar-refractivity contribution in [1.29, 1.82) is 0 Å². The van der Waals surface area contributed by atoms with Gasteiger partial charge in [-0.2, -0.15) is 0 Å². The van der Waals surface area contributed by atoms with Crippen LogP contribution in [0.4, 0.5) is 0 Å². The zero-order valence-electron chi connectivity index (χ0n) is 10.7. The Morgan fingerprint density at radius 3 is 2.28 bits per heavy atom. The van der Waals surface area contributed by atoms with Crippen LogP contribution in [0.25, 0.3) is 0 Å². The van der Waals surface area contributed by atoms with Crippen LogP contribution >= 0.6 is 11.6 Å². The lowest BCUT2D eigenvalue weighted by atomic mass is 9.87. The fourth-order valence-corrected chi connectivity index (χ4v) is 2.64. The number of benzene rings is 1. The van der Waals surface area contributed by atoms with Gasteiger partial charge in [-0.25, -0.2) is 13.1 Å². The number of sulfonamides is 1. The average Bonchev–Trinajstić information content (AvgIpc) is 2.27. The van der Waals surface area contributed by atoms with Crippen LogP contribution in [0.5, 0.6) is 0 Å². The zero-order chi connectivity index (χ0) is 14.1. The van der Waals surface area contributed by atoms with Crippen LogP contribution in [0.3, 0.4) is 0 Å². The Labute approximate surface area is 112 Å². The summed E-state index contributed by atoms with van der Waals surface area (Å²) in [5.41, 5.74) is -0.241. The molecule has 1 N–H and O–H groups in total. The molecular weight excluding hydrogens is 274 g/mol. The minimum absolute atomic E-state index is 0.0817. The molecule has 0 aliphatic heterocycles. The van der Waals surface area contributed by atoms with Crippen molar-refractivity contribution in [2.45, 2.75) is 25.7 Å². The summed E-state index contributed by atoms with van der Waals surface area (Å²) in [6, 6.07) is 4.26. The maximum Gasteiger partial charge on any atom is 0.241 e. The van der Waals surface area contributed by atoms with E-state index in [0.29, 0.717) is 5.56 Å². The fraction of sp³-hybridized carbons (Fsp3) is 0.417. The van der Waals surface area contributed by atoms with E-state index in [1.54, 1.807) is 20.8 Å². The third kappa shape index (κ3) is 3.10. The molecule has 0 radical (unpaired) electrons. The number of hydrogen-bond acceptors (Lipinski definition) is 3. The number of hydrogen-bond donors (Lipinski definition) is 1. The molecule has 100 valence electrons. The molecule has 0 aliphatic rings. The van der Waals surface area contributed by atoms with Gasteiger partial charge in [0.1, 0.15) is 4.90 Å². The largest absolute Gasteiger partial charge is 0.294 e. The van der Waals surface area contributed by atoms with Crippen LogP contribution < -0.4 is 4.72 Å². The van der Waals surface area contributed by atoms with Gasteiger partial charge in [0.05, 0.1) is 5.02 Å². The molecule has 1 rings (SSSR count). The van der Waals surface area contributed by atoms with E-state index in [2.05, 4.69) is 4.72 Å². The van der Waals surface area contributed by atoms with Gasteiger partial charge in [-0.3, -0.25) is 4.79 Å². The van der Waals surface area contributed by atoms with Gasteiger partial charge in [0.2, 0.25) is 10.0 Å². The van der Waals surface area contributed by atoms with Crippen LogP contribution in [-0.2, 0) is 10.0 Å². The van der Waals surface area contributed by atoms with E-state index in [4.69, 9.17) is 11.6 Å². The van der Waals surface area contributed by atoms with Gasteiger partial charge in [-0.05, 0) is 25.2 Å². The van der Waals surface area contributed by atoms with E-state index in [1.165, 1.54) is 25.2 Å². The van der Waals surface area contributed by atoms with Crippen molar-refractivity contribution in [3.8, 4) is 0 Å². The molecule has 0 saturated carbocycles. The molecule has 1 aromatic carbocycles. The number of carbonyl (C=O) groups excluding carboxylic acids is 1. The number of carbonyl (C=O) groups is 1. The highest BCUT2D eigenvalue weighted by Crippen LogP contribution is 2.26. The Morgan fingerprint density at radius 2 is 1.83 bits per heavy atom. The molecule has 0 bridgehead atoms. The quantitative estimate of drug-likeness (QED) is 0.870. The Hall–Kier alpha value is -0.910. The van der Waals surface area contributed by atoms with Gasteiger partial charge in [0, 0.05) is 11.0 Å². The van der Waals surface area contributed by atoms with E-state index < -0.39 is 15.4 Å². The summed E-state index contributed by atoms with van der Waals surface area (Å²) < 4.78 is 25.7. The van der Waals surface area contributed by atoms with Crippen LogP contribution in [0.2, 0.25) is 5.02 Å². The Kier molecular flexibility index (Phi) is 4.20. The zero-order valence-corrected chi connectivity index (χ0v) is 12.3. The van der Waals surface area contributed by atoms with Crippen molar-refractivity contribution in [2.24, 2.45) is 5.41 Å². The van der Waals surface area contributed by atoms with Crippen molar-refractivity contribution in [3.63, 3.8) is 0 Å². The van der Waals surface area contributed by atoms with Gasteiger partial charge in [0.15, 0.2) is 5.78 Å². The molecule has 0 heterocycles. The minimum Gasteiger partial charge on any atom is -0.294 e. The predicted molar refractivity (Wildman–Crippen MR) is 71.5 cm³/mol. The second-order valence-electron chi connectivity index (χ2n) is 4.93. The first kappa shape index (κ1) is 15.1. The van der Waals surface area contributed by atoms with E-state index >= 15 is 0 Å². The summed E-state index contributed by atoms with van der Waals surface area (Å²) in [7, 11) is -2.37. The van der Waals surface area contributed by atoms with E-state index in [9.17, 15) is 13.2 Å². The monoisotopic (exact) mass is 289 g/mol. The first-order valence-corrected chi connectivity index (χ1v) is 7.23. The van der Waals surface area contributed by atoms with Crippen LogP contribution in [0, 0.1) is 5.41 Å².